The highest BCUT2D eigenvalue weighted by molar-refractivity contribution is 5.84. The molecular formula is C15H14N4O. The largest absolute Gasteiger partial charge is 0.488 e. The number of fused-ring (bicyclic) bond motifs is 1. The summed E-state index contributed by atoms with van der Waals surface area (Å²) in [5.41, 5.74) is 4.43. The lowest BCUT2D eigenvalue weighted by Crippen LogP contribution is -2.09. The first-order chi connectivity index (χ1) is 9.86. The molecule has 0 aliphatic carbocycles. The number of aromatic nitrogens is 2. The lowest BCUT2D eigenvalue weighted by atomic mass is 10.2. The highest BCUT2D eigenvalue weighted by Crippen LogP contribution is 2.24. The van der Waals surface area contributed by atoms with Crippen molar-refractivity contribution in [1.82, 2.24) is 9.97 Å². The molecule has 0 aliphatic rings. The number of anilines is 1. The number of rotatable bonds is 4. The number of nitrogens with one attached hydrogen (secondary N) is 1. The van der Waals surface area contributed by atoms with E-state index in [4.69, 9.17) is 10.6 Å². The Hall–Kier alpha value is -2.66. The zero-order chi connectivity index (χ0) is 13.8. The molecule has 100 valence electrons. The minimum absolute atomic E-state index is 0.450. The maximum Gasteiger partial charge on any atom is 0.140 e. The molecule has 0 aliphatic heterocycles. The highest BCUT2D eigenvalue weighted by Gasteiger charge is 2.03. The first-order valence-corrected chi connectivity index (χ1v) is 6.25. The summed E-state index contributed by atoms with van der Waals surface area (Å²) in [5, 5.41) is 1.00. The molecule has 0 unspecified atom stereocenters. The standard InChI is InChI=1S/C15H14N4O/c16-19-15-9-11(6-8-18-15)10-20-14-5-1-4-13-12(14)3-2-7-17-13/h1-9H,10,16H2,(H,18,19). The minimum Gasteiger partial charge on any atom is -0.488 e. The molecule has 3 aromatic rings. The first-order valence-electron chi connectivity index (χ1n) is 6.25. The third-order valence-corrected chi connectivity index (χ3v) is 2.97. The smallest absolute Gasteiger partial charge is 0.140 e. The van der Waals surface area contributed by atoms with E-state index in [0.717, 1.165) is 22.2 Å². The van der Waals surface area contributed by atoms with E-state index in [9.17, 15) is 0 Å². The number of pyridine rings is 2. The van der Waals surface area contributed by atoms with E-state index in [1.165, 1.54) is 0 Å². The van der Waals surface area contributed by atoms with Crippen molar-refractivity contribution in [3.05, 3.63) is 60.4 Å². The van der Waals surface area contributed by atoms with E-state index in [1.807, 2.05) is 42.5 Å². The summed E-state index contributed by atoms with van der Waals surface area (Å²) < 4.78 is 5.87. The summed E-state index contributed by atoms with van der Waals surface area (Å²) in [4.78, 5) is 8.37. The van der Waals surface area contributed by atoms with Gasteiger partial charge < -0.3 is 10.2 Å². The fraction of sp³-hybridized carbons (Fsp3) is 0.0667. The normalized spacial score (nSPS) is 10.4. The molecule has 2 aromatic heterocycles. The summed E-state index contributed by atoms with van der Waals surface area (Å²) in [7, 11) is 0. The molecule has 5 heteroatoms. The van der Waals surface area contributed by atoms with Crippen molar-refractivity contribution in [3.63, 3.8) is 0 Å². The van der Waals surface area contributed by atoms with Crippen molar-refractivity contribution < 1.29 is 4.74 Å². The fourth-order valence-corrected chi connectivity index (χ4v) is 2.01. The van der Waals surface area contributed by atoms with Crippen LogP contribution in [0.2, 0.25) is 0 Å². The zero-order valence-corrected chi connectivity index (χ0v) is 10.8. The van der Waals surface area contributed by atoms with E-state index < -0.39 is 0 Å². The third-order valence-electron chi connectivity index (χ3n) is 2.97. The number of ether oxygens (including phenoxy) is 1. The molecule has 0 spiro atoms. The van der Waals surface area contributed by atoms with Crippen molar-refractivity contribution in [3.8, 4) is 5.75 Å². The second-order valence-electron chi connectivity index (χ2n) is 4.31. The van der Waals surface area contributed by atoms with Crippen molar-refractivity contribution in [1.29, 1.82) is 0 Å². The second kappa shape index (κ2) is 5.54. The summed E-state index contributed by atoms with van der Waals surface area (Å²) in [6.07, 6.45) is 3.46. The SMILES string of the molecule is NNc1cc(COc2cccc3ncccc23)ccn1. The Balaban J connectivity index is 1.83. The molecule has 1 aromatic carbocycles. The van der Waals surface area contributed by atoms with Gasteiger partial charge in [0.1, 0.15) is 18.2 Å². The zero-order valence-electron chi connectivity index (χ0n) is 10.8. The Morgan fingerprint density at radius 3 is 2.90 bits per heavy atom. The quantitative estimate of drug-likeness (QED) is 0.560. The predicted molar refractivity (Wildman–Crippen MR) is 78.1 cm³/mol. The summed E-state index contributed by atoms with van der Waals surface area (Å²) in [6.45, 7) is 0.450. The molecule has 3 rings (SSSR count). The maximum absolute atomic E-state index is 5.87. The summed E-state index contributed by atoms with van der Waals surface area (Å²) in [5.74, 6) is 6.77. The van der Waals surface area contributed by atoms with E-state index >= 15 is 0 Å². The van der Waals surface area contributed by atoms with Crippen molar-refractivity contribution in [2.24, 2.45) is 5.84 Å². The predicted octanol–water partition coefficient (Wildman–Crippen LogP) is 2.49. The van der Waals surface area contributed by atoms with Crippen LogP contribution in [0.5, 0.6) is 5.75 Å². The van der Waals surface area contributed by atoms with Gasteiger partial charge in [0.2, 0.25) is 0 Å². The van der Waals surface area contributed by atoms with E-state index in [-0.39, 0.29) is 0 Å². The molecule has 0 saturated heterocycles. The average Bonchev–Trinajstić information content (AvgIpc) is 2.53. The van der Waals surface area contributed by atoms with Gasteiger partial charge in [0.05, 0.1) is 5.52 Å². The monoisotopic (exact) mass is 266 g/mol. The van der Waals surface area contributed by atoms with Gasteiger partial charge in [-0.05, 0) is 42.0 Å². The molecule has 5 nitrogen and oxygen atoms in total. The molecule has 3 N–H and O–H groups in total. The number of hydrogen-bond donors (Lipinski definition) is 2. The van der Waals surface area contributed by atoms with Gasteiger partial charge in [-0.1, -0.05) is 6.07 Å². The van der Waals surface area contributed by atoms with E-state index in [1.54, 1.807) is 12.4 Å². The van der Waals surface area contributed by atoms with Crippen LogP contribution in [0.3, 0.4) is 0 Å². The van der Waals surface area contributed by atoms with Crippen LogP contribution >= 0.6 is 0 Å². The van der Waals surface area contributed by atoms with Gasteiger partial charge in [-0.25, -0.2) is 10.8 Å². The number of hydrogen-bond acceptors (Lipinski definition) is 5. The van der Waals surface area contributed by atoms with Gasteiger partial charge in [-0.15, -0.1) is 0 Å². The van der Waals surface area contributed by atoms with Gasteiger partial charge in [-0.2, -0.15) is 0 Å². The molecule has 0 bridgehead atoms. The van der Waals surface area contributed by atoms with Gasteiger partial charge in [0.25, 0.3) is 0 Å². The number of benzene rings is 1. The lowest BCUT2D eigenvalue weighted by molar-refractivity contribution is 0.310. The van der Waals surface area contributed by atoms with Gasteiger partial charge in [-0.3, -0.25) is 4.98 Å². The fourth-order valence-electron chi connectivity index (χ4n) is 2.01. The number of nitrogen functional groups attached to an aromatic ring is 1. The molecular weight excluding hydrogens is 252 g/mol. The Kier molecular flexibility index (Phi) is 3.43. The maximum atomic E-state index is 5.87. The minimum atomic E-state index is 0.450. The van der Waals surface area contributed by atoms with Crippen LogP contribution in [0.15, 0.2) is 54.9 Å². The van der Waals surface area contributed by atoms with E-state index in [2.05, 4.69) is 15.4 Å². The number of nitrogens with two attached hydrogens (primary N) is 1. The second-order valence-corrected chi connectivity index (χ2v) is 4.31. The molecule has 0 saturated carbocycles. The number of hydrazine groups is 1. The van der Waals surface area contributed by atoms with Crippen LogP contribution in [-0.2, 0) is 6.61 Å². The molecule has 0 amide bonds. The molecule has 20 heavy (non-hydrogen) atoms. The van der Waals surface area contributed by atoms with E-state index in [0.29, 0.717) is 12.4 Å². The van der Waals surface area contributed by atoms with Crippen LogP contribution in [0, 0.1) is 0 Å². The summed E-state index contributed by atoms with van der Waals surface area (Å²) >= 11 is 0. The summed E-state index contributed by atoms with van der Waals surface area (Å²) in [6, 6.07) is 13.5. The molecule has 0 radical (unpaired) electrons. The van der Waals surface area contributed by atoms with Gasteiger partial charge in [0.15, 0.2) is 0 Å². The van der Waals surface area contributed by atoms with Gasteiger partial charge >= 0.3 is 0 Å². The molecule has 0 fully saturated rings. The van der Waals surface area contributed by atoms with Crippen LogP contribution in [0.25, 0.3) is 10.9 Å². The topological polar surface area (TPSA) is 73.1 Å². The van der Waals surface area contributed by atoms with Crippen molar-refractivity contribution in [2.75, 3.05) is 5.43 Å². The van der Waals surface area contributed by atoms with Gasteiger partial charge in [0, 0.05) is 17.8 Å². The Morgan fingerprint density at radius 2 is 2.00 bits per heavy atom. The lowest BCUT2D eigenvalue weighted by Gasteiger charge is -2.09. The Labute approximate surface area is 116 Å². The highest BCUT2D eigenvalue weighted by atomic mass is 16.5. The Bertz CT molecular complexity index is 724. The van der Waals surface area contributed by atoms with Crippen LogP contribution in [0.1, 0.15) is 5.56 Å². The van der Waals surface area contributed by atoms with Crippen molar-refractivity contribution >= 4 is 16.7 Å². The average molecular weight is 266 g/mol. The van der Waals surface area contributed by atoms with Crippen molar-refractivity contribution in [2.45, 2.75) is 6.61 Å². The molecule has 2 heterocycles. The Morgan fingerprint density at radius 1 is 1.05 bits per heavy atom. The molecule has 0 atom stereocenters. The van der Waals surface area contributed by atoms with Crippen LogP contribution in [0.4, 0.5) is 5.82 Å². The van der Waals surface area contributed by atoms with Crippen LogP contribution in [-0.4, -0.2) is 9.97 Å². The number of nitrogens with zero attached hydrogens (tertiary/aromatic N) is 2. The first kappa shape index (κ1) is 12.4. The van der Waals surface area contributed by atoms with Crippen LogP contribution < -0.4 is 16.0 Å². The third kappa shape index (κ3) is 2.53.